The molecule has 2 rings (SSSR count). The van der Waals surface area contributed by atoms with Crippen LogP contribution in [0.25, 0.3) is 0 Å². The van der Waals surface area contributed by atoms with E-state index in [-0.39, 0.29) is 0 Å². The molecule has 0 amide bonds. The molecule has 0 saturated carbocycles. The van der Waals surface area contributed by atoms with Gasteiger partial charge >= 0.3 is 0 Å². The van der Waals surface area contributed by atoms with E-state index in [0.717, 1.165) is 24.0 Å². The molecule has 3 heteroatoms. The first-order valence-electron chi connectivity index (χ1n) is 6.92. The first kappa shape index (κ1) is 15.6. The van der Waals surface area contributed by atoms with Crippen LogP contribution in [0, 0.1) is 6.92 Å². The van der Waals surface area contributed by atoms with Crippen LogP contribution in [0.4, 0.5) is 0 Å². The predicted octanol–water partition coefficient (Wildman–Crippen LogP) is 5.41. The molecule has 0 saturated heterocycles. The summed E-state index contributed by atoms with van der Waals surface area (Å²) in [5.41, 5.74) is 2.65. The molecule has 0 aromatic heterocycles. The fourth-order valence-electron chi connectivity index (χ4n) is 1.99. The molecule has 1 nitrogen and oxygen atoms in total. The van der Waals surface area contributed by atoms with Gasteiger partial charge < -0.3 is 5.32 Å². The van der Waals surface area contributed by atoms with Crippen LogP contribution in [-0.4, -0.2) is 6.54 Å². The van der Waals surface area contributed by atoms with Gasteiger partial charge in [-0.25, -0.2) is 0 Å². The van der Waals surface area contributed by atoms with Gasteiger partial charge in [0.2, 0.25) is 0 Å². The Kier molecular flexibility index (Phi) is 6.14. The van der Waals surface area contributed by atoms with Crippen molar-refractivity contribution in [2.75, 3.05) is 6.54 Å². The average molecular weight is 350 g/mol. The zero-order valence-electron chi connectivity index (χ0n) is 11.9. The number of benzene rings is 2. The van der Waals surface area contributed by atoms with E-state index in [9.17, 15) is 0 Å². The van der Waals surface area contributed by atoms with Crippen molar-refractivity contribution < 1.29 is 0 Å². The van der Waals surface area contributed by atoms with Gasteiger partial charge in [-0.2, -0.15) is 0 Å². The molecule has 1 N–H and O–H groups in total. The molecule has 0 atom stereocenters. The van der Waals surface area contributed by atoms with Crippen LogP contribution in [0.15, 0.2) is 56.7 Å². The molecule has 0 radical (unpaired) electrons. The highest BCUT2D eigenvalue weighted by Crippen LogP contribution is 2.32. The van der Waals surface area contributed by atoms with Crippen molar-refractivity contribution >= 4 is 27.7 Å². The lowest BCUT2D eigenvalue weighted by molar-refractivity contribution is 0.669. The molecule has 2 aromatic rings. The number of rotatable bonds is 6. The molecule has 0 aliphatic rings. The average Bonchev–Trinajstić information content (AvgIpc) is 2.42. The largest absolute Gasteiger partial charge is 0.313 e. The van der Waals surface area contributed by atoms with Gasteiger partial charge in [-0.15, -0.1) is 0 Å². The smallest absolute Gasteiger partial charge is 0.0217 e. The normalized spacial score (nSPS) is 10.8. The van der Waals surface area contributed by atoms with Crippen molar-refractivity contribution in [1.29, 1.82) is 0 Å². The summed E-state index contributed by atoms with van der Waals surface area (Å²) in [5, 5.41) is 3.48. The molecule has 0 unspecified atom stereocenters. The van der Waals surface area contributed by atoms with E-state index in [1.807, 2.05) is 11.8 Å². The van der Waals surface area contributed by atoms with Crippen LogP contribution < -0.4 is 5.32 Å². The van der Waals surface area contributed by atoms with Gasteiger partial charge in [0.05, 0.1) is 0 Å². The summed E-state index contributed by atoms with van der Waals surface area (Å²) in [5.74, 6) is 0. The van der Waals surface area contributed by atoms with Gasteiger partial charge in [0, 0.05) is 20.8 Å². The highest BCUT2D eigenvalue weighted by Gasteiger charge is 2.05. The maximum absolute atomic E-state index is 3.57. The number of nitrogens with one attached hydrogen (secondary N) is 1. The topological polar surface area (TPSA) is 12.0 Å². The zero-order valence-corrected chi connectivity index (χ0v) is 14.4. The van der Waals surface area contributed by atoms with Gasteiger partial charge in [-0.1, -0.05) is 52.3 Å². The van der Waals surface area contributed by atoms with Crippen LogP contribution in [0.5, 0.6) is 0 Å². The maximum atomic E-state index is 3.57. The van der Waals surface area contributed by atoms with Crippen LogP contribution in [0.1, 0.15) is 24.5 Å². The molecular weight excluding hydrogens is 330 g/mol. The summed E-state index contributed by atoms with van der Waals surface area (Å²) < 4.78 is 1.14. The molecule has 0 bridgehead atoms. The Morgan fingerprint density at radius 2 is 2.00 bits per heavy atom. The van der Waals surface area contributed by atoms with Crippen molar-refractivity contribution in [3.8, 4) is 0 Å². The Balaban J connectivity index is 2.17. The van der Waals surface area contributed by atoms with Crippen LogP contribution in [0.3, 0.4) is 0 Å². The van der Waals surface area contributed by atoms with Crippen LogP contribution in [-0.2, 0) is 6.54 Å². The lowest BCUT2D eigenvalue weighted by atomic mass is 10.2. The molecule has 20 heavy (non-hydrogen) atoms. The molecule has 0 heterocycles. The second-order valence-corrected chi connectivity index (χ2v) is 6.88. The summed E-state index contributed by atoms with van der Waals surface area (Å²) in [4.78, 5) is 2.62. The summed E-state index contributed by atoms with van der Waals surface area (Å²) in [6.45, 7) is 6.30. The lowest BCUT2D eigenvalue weighted by Gasteiger charge is -2.11. The van der Waals surface area contributed by atoms with Gasteiger partial charge in [0.1, 0.15) is 0 Å². The number of hydrogen-bond donors (Lipinski definition) is 1. The predicted molar refractivity (Wildman–Crippen MR) is 91.4 cm³/mol. The first-order chi connectivity index (χ1) is 9.69. The Labute approximate surface area is 134 Å². The monoisotopic (exact) mass is 349 g/mol. The minimum Gasteiger partial charge on any atom is -0.313 e. The van der Waals surface area contributed by atoms with E-state index in [1.165, 1.54) is 20.9 Å². The number of hydrogen-bond acceptors (Lipinski definition) is 2. The third-order valence-electron chi connectivity index (χ3n) is 2.98. The third-order valence-corrected chi connectivity index (χ3v) is 4.58. The molecule has 0 fully saturated rings. The molecule has 106 valence electrons. The van der Waals surface area contributed by atoms with Crippen LogP contribution in [0.2, 0.25) is 0 Å². The van der Waals surface area contributed by atoms with Gasteiger partial charge in [-0.05, 0) is 55.8 Å². The van der Waals surface area contributed by atoms with Gasteiger partial charge in [-0.3, -0.25) is 0 Å². The fraction of sp³-hybridized carbons (Fsp3) is 0.294. The van der Waals surface area contributed by atoms with E-state index in [4.69, 9.17) is 0 Å². The quantitative estimate of drug-likeness (QED) is 0.699. The van der Waals surface area contributed by atoms with Gasteiger partial charge in [0.25, 0.3) is 0 Å². The zero-order chi connectivity index (χ0) is 14.4. The standard InChI is InChI=1S/C17H20BrNS/c1-3-9-19-12-14-11-15(18)7-8-17(14)20-16-6-4-5-13(2)10-16/h4-8,10-11,19H,3,9,12H2,1-2H3. The van der Waals surface area contributed by atoms with E-state index in [0.29, 0.717) is 0 Å². The molecule has 2 aromatic carbocycles. The summed E-state index contributed by atoms with van der Waals surface area (Å²) in [6.07, 6.45) is 1.16. The molecule has 0 spiro atoms. The second-order valence-electron chi connectivity index (χ2n) is 4.85. The van der Waals surface area contributed by atoms with Gasteiger partial charge in [0.15, 0.2) is 0 Å². The van der Waals surface area contributed by atoms with Crippen molar-refractivity contribution in [3.63, 3.8) is 0 Å². The van der Waals surface area contributed by atoms with Crippen molar-refractivity contribution in [1.82, 2.24) is 5.32 Å². The molecular formula is C17H20BrNS. The SMILES string of the molecule is CCCNCc1cc(Br)ccc1Sc1cccc(C)c1. The minimum absolute atomic E-state index is 0.918. The number of aryl methyl sites for hydroxylation is 1. The fourth-order valence-corrected chi connectivity index (χ4v) is 3.44. The number of halogens is 1. The minimum atomic E-state index is 0.918. The first-order valence-corrected chi connectivity index (χ1v) is 8.53. The summed E-state index contributed by atoms with van der Waals surface area (Å²) >= 11 is 5.40. The van der Waals surface area contributed by atoms with E-state index < -0.39 is 0 Å². The summed E-state index contributed by atoms with van der Waals surface area (Å²) in [7, 11) is 0. The Morgan fingerprint density at radius 1 is 1.15 bits per heavy atom. The van der Waals surface area contributed by atoms with Crippen molar-refractivity contribution in [3.05, 3.63) is 58.1 Å². The van der Waals surface area contributed by atoms with E-state index in [1.54, 1.807) is 0 Å². The van der Waals surface area contributed by atoms with Crippen molar-refractivity contribution in [2.45, 2.75) is 36.6 Å². The highest BCUT2D eigenvalue weighted by molar-refractivity contribution is 9.10. The van der Waals surface area contributed by atoms with Crippen molar-refractivity contribution in [2.24, 2.45) is 0 Å². The highest BCUT2D eigenvalue weighted by atomic mass is 79.9. The van der Waals surface area contributed by atoms with E-state index >= 15 is 0 Å². The maximum Gasteiger partial charge on any atom is 0.0217 e. The molecule has 0 aliphatic carbocycles. The lowest BCUT2D eigenvalue weighted by Crippen LogP contribution is -2.14. The van der Waals surface area contributed by atoms with E-state index in [2.05, 4.69) is 77.6 Å². The Bertz CT molecular complexity index is 569. The second kappa shape index (κ2) is 7.87. The summed E-state index contributed by atoms with van der Waals surface area (Å²) in [6, 6.07) is 15.2. The Hall–Kier alpha value is -0.770. The Morgan fingerprint density at radius 3 is 2.75 bits per heavy atom. The molecule has 0 aliphatic heterocycles. The van der Waals surface area contributed by atoms with Crippen LogP contribution >= 0.6 is 27.7 Å². The third kappa shape index (κ3) is 4.65.